The Bertz CT molecular complexity index is 1310. The van der Waals surface area contributed by atoms with Crippen molar-refractivity contribution in [2.75, 3.05) is 7.11 Å². The molecule has 1 atom stereocenters. The highest BCUT2D eigenvalue weighted by Crippen LogP contribution is 2.43. The van der Waals surface area contributed by atoms with Crippen LogP contribution in [0.15, 0.2) is 72.8 Å². The van der Waals surface area contributed by atoms with E-state index >= 15 is 0 Å². The second-order valence-corrected chi connectivity index (χ2v) is 8.87. The minimum Gasteiger partial charge on any atom is -0.497 e. The minimum absolute atomic E-state index is 0.121. The summed E-state index contributed by atoms with van der Waals surface area (Å²) in [4.78, 5) is 15.4. The van der Waals surface area contributed by atoms with Gasteiger partial charge in [-0.3, -0.25) is 9.89 Å². The fourth-order valence-corrected chi connectivity index (χ4v) is 4.52. The zero-order chi connectivity index (χ0) is 23.8. The number of aromatic amines is 1. The number of halogens is 1. The van der Waals surface area contributed by atoms with Crippen LogP contribution in [0.2, 0.25) is 0 Å². The van der Waals surface area contributed by atoms with Gasteiger partial charge in [0.1, 0.15) is 17.3 Å². The van der Waals surface area contributed by atoms with Crippen LogP contribution in [0.3, 0.4) is 0 Å². The van der Waals surface area contributed by atoms with E-state index in [1.165, 1.54) is 17.7 Å². The second kappa shape index (κ2) is 8.78. The number of methoxy groups -OCH3 is 1. The van der Waals surface area contributed by atoms with Crippen LogP contribution in [0.25, 0.3) is 11.3 Å². The molecule has 1 aliphatic rings. The molecule has 0 aliphatic carbocycles. The fraction of sp³-hybridized carbons (Fsp3) is 0.214. The second-order valence-electron chi connectivity index (χ2n) is 8.87. The summed E-state index contributed by atoms with van der Waals surface area (Å²) in [5.41, 5.74) is 6.10. The Morgan fingerprint density at radius 3 is 2.29 bits per heavy atom. The zero-order valence-corrected chi connectivity index (χ0v) is 19.4. The molecule has 0 fully saturated rings. The van der Waals surface area contributed by atoms with Crippen LogP contribution < -0.4 is 4.74 Å². The van der Waals surface area contributed by atoms with Gasteiger partial charge < -0.3 is 9.64 Å². The highest BCUT2D eigenvalue weighted by Gasteiger charge is 2.42. The summed E-state index contributed by atoms with van der Waals surface area (Å²) in [6.07, 6.45) is 0. The lowest BCUT2D eigenvalue weighted by molar-refractivity contribution is 0.0730. The van der Waals surface area contributed by atoms with Gasteiger partial charge in [0.15, 0.2) is 0 Å². The van der Waals surface area contributed by atoms with Crippen LogP contribution in [0.4, 0.5) is 4.39 Å². The average molecular weight is 456 g/mol. The molecule has 0 spiro atoms. The molecule has 1 N–H and O–H groups in total. The Hall–Kier alpha value is -3.93. The van der Waals surface area contributed by atoms with Crippen molar-refractivity contribution in [2.45, 2.75) is 32.4 Å². The molecule has 172 valence electrons. The van der Waals surface area contributed by atoms with Crippen LogP contribution in [-0.2, 0) is 6.54 Å². The Balaban J connectivity index is 1.61. The van der Waals surface area contributed by atoms with Gasteiger partial charge in [-0.05, 0) is 59.0 Å². The predicted octanol–water partition coefficient (Wildman–Crippen LogP) is 6.09. The topological polar surface area (TPSA) is 58.2 Å². The molecule has 1 amide bonds. The number of aromatic nitrogens is 2. The lowest BCUT2D eigenvalue weighted by Crippen LogP contribution is -2.29. The van der Waals surface area contributed by atoms with Gasteiger partial charge in [-0.15, -0.1) is 0 Å². The first-order chi connectivity index (χ1) is 16.5. The van der Waals surface area contributed by atoms with E-state index in [9.17, 15) is 9.18 Å². The zero-order valence-electron chi connectivity index (χ0n) is 19.4. The predicted molar refractivity (Wildman–Crippen MR) is 129 cm³/mol. The summed E-state index contributed by atoms with van der Waals surface area (Å²) in [6.45, 7) is 4.68. The number of nitrogens with zero attached hydrogens (tertiary/aromatic N) is 2. The third-order valence-corrected chi connectivity index (χ3v) is 6.41. The number of nitrogens with one attached hydrogen (secondary N) is 1. The largest absolute Gasteiger partial charge is 0.497 e. The molecule has 2 heterocycles. The number of rotatable bonds is 6. The fourth-order valence-electron chi connectivity index (χ4n) is 4.52. The maximum Gasteiger partial charge on any atom is 0.273 e. The average Bonchev–Trinajstić information content (AvgIpc) is 3.40. The Morgan fingerprint density at radius 2 is 1.68 bits per heavy atom. The molecule has 5 rings (SSSR count). The third kappa shape index (κ3) is 3.85. The van der Waals surface area contributed by atoms with Crippen LogP contribution >= 0.6 is 0 Å². The number of hydrogen-bond acceptors (Lipinski definition) is 3. The van der Waals surface area contributed by atoms with E-state index in [1.54, 1.807) is 19.2 Å². The molecule has 3 aromatic carbocycles. The van der Waals surface area contributed by atoms with E-state index in [2.05, 4.69) is 48.3 Å². The molecular formula is C28H26FN3O2. The van der Waals surface area contributed by atoms with E-state index in [4.69, 9.17) is 4.74 Å². The molecule has 0 saturated heterocycles. The van der Waals surface area contributed by atoms with Crippen molar-refractivity contribution in [1.29, 1.82) is 0 Å². The highest BCUT2D eigenvalue weighted by atomic mass is 19.1. The first kappa shape index (κ1) is 21.9. The number of amides is 1. The number of H-pyrrole nitrogens is 1. The monoisotopic (exact) mass is 455 g/mol. The lowest BCUT2D eigenvalue weighted by atomic mass is 9.93. The van der Waals surface area contributed by atoms with E-state index in [0.29, 0.717) is 18.2 Å². The van der Waals surface area contributed by atoms with E-state index in [-0.39, 0.29) is 17.8 Å². The van der Waals surface area contributed by atoms with Crippen LogP contribution in [0.1, 0.15) is 58.5 Å². The van der Waals surface area contributed by atoms with Crippen molar-refractivity contribution in [3.63, 3.8) is 0 Å². The number of fused-ring (bicyclic) bond motifs is 1. The minimum atomic E-state index is -0.315. The Labute approximate surface area is 198 Å². The number of hydrogen-bond donors (Lipinski definition) is 1. The molecule has 1 aromatic heterocycles. The number of ether oxygens (including phenoxy) is 1. The normalized spacial score (nSPS) is 15.1. The Morgan fingerprint density at radius 1 is 1.00 bits per heavy atom. The summed E-state index contributed by atoms with van der Waals surface area (Å²) < 4.78 is 18.8. The maximum absolute atomic E-state index is 13.5. The highest BCUT2D eigenvalue weighted by molar-refractivity contribution is 6.00. The van der Waals surface area contributed by atoms with E-state index in [1.807, 2.05) is 29.2 Å². The first-order valence-electron chi connectivity index (χ1n) is 11.3. The van der Waals surface area contributed by atoms with Gasteiger partial charge in [-0.25, -0.2) is 4.39 Å². The number of carbonyl (C=O) groups excluding carboxylic acids is 1. The van der Waals surface area contributed by atoms with Crippen molar-refractivity contribution in [3.8, 4) is 17.0 Å². The smallest absolute Gasteiger partial charge is 0.273 e. The summed E-state index contributed by atoms with van der Waals surface area (Å²) in [6, 6.07) is 22.0. The summed E-state index contributed by atoms with van der Waals surface area (Å²) in [7, 11) is 1.63. The molecule has 1 unspecified atom stereocenters. The molecule has 0 radical (unpaired) electrons. The van der Waals surface area contributed by atoms with Crippen LogP contribution in [-0.4, -0.2) is 28.1 Å². The number of benzene rings is 3. The molecule has 0 bridgehead atoms. The van der Waals surface area contributed by atoms with Crippen molar-refractivity contribution in [3.05, 3.63) is 107 Å². The van der Waals surface area contributed by atoms with E-state index in [0.717, 1.165) is 33.7 Å². The van der Waals surface area contributed by atoms with Crippen LogP contribution in [0.5, 0.6) is 5.75 Å². The van der Waals surface area contributed by atoms with Gasteiger partial charge in [0.05, 0.1) is 18.8 Å². The van der Waals surface area contributed by atoms with Gasteiger partial charge in [0.25, 0.3) is 5.91 Å². The van der Waals surface area contributed by atoms with Gasteiger partial charge in [0.2, 0.25) is 0 Å². The SMILES string of the molecule is COc1ccc(-c2n[nH]c3c2C(c2ccc(C(C)C)cc2)N(Cc2ccc(F)cc2)C3=O)cc1. The summed E-state index contributed by atoms with van der Waals surface area (Å²) in [5, 5.41) is 7.51. The Kier molecular flexibility index (Phi) is 5.65. The van der Waals surface area contributed by atoms with Gasteiger partial charge in [-0.2, -0.15) is 5.10 Å². The van der Waals surface area contributed by atoms with E-state index < -0.39 is 0 Å². The lowest BCUT2D eigenvalue weighted by Gasteiger charge is -2.27. The third-order valence-electron chi connectivity index (χ3n) is 6.41. The molecule has 34 heavy (non-hydrogen) atoms. The van der Waals surface area contributed by atoms with Crippen molar-refractivity contribution >= 4 is 5.91 Å². The van der Waals surface area contributed by atoms with Crippen molar-refractivity contribution < 1.29 is 13.9 Å². The molecule has 1 aliphatic heterocycles. The number of carbonyl (C=O) groups is 1. The molecule has 4 aromatic rings. The van der Waals surface area contributed by atoms with Gasteiger partial charge >= 0.3 is 0 Å². The molecule has 0 saturated carbocycles. The van der Waals surface area contributed by atoms with Gasteiger partial charge in [0, 0.05) is 17.7 Å². The van der Waals surface area contributed by atoms with Gasteiger partial charge in [-0.1, -0.05) is 50.2 Å². The van der Waals surface area contributed by atoms with Crippen molar-refractivity contribution in [2.24, 2.45) is 0 Å². The summed E-state index contributed by atoms with van der Waals surface area (Å²) >= 11 is 0. The van der Waals surface area contributed by atoms with Crippen molar-refractivity contribution in [1.82, 2.24) is 15.1 Å². The van der Waals surface area contributed by atoms with Crippen LogP contribution in [0, 0.1) is 5.82 Å². The molecule has 6 heteroatoms. The maximum atomic E-state index is 13.5. The first-order valence-corrected chi connectivity index (χ1v) is 11.3. The standard InChI is InChI=1S/C28H26FN3O2/c1-17(2)19-6-8-21(9-7-19)27-24-25(20-10-14-23(34-3)15-11-20)30-31-26(24)28(33)32(27)16-18-4-12-22(29)13-5-18/h4-15,17,27H,16H2,1-3H3,(H,30,31). The molecular weight excluding hydrogens is 429 g/mol. The quantitative estimate of drug-likeness (QED) is 0.383. The summed E-state index contributed by atoms with van der Waals surface area (Å²) in [5.74, 6) is 0.748. The molecule has 5 nitrogen and oxygen atoms in total.